The van der Waals surface area contributed by atoms with Crippen molar-refractivity contribution in [2.45, 2.75) is 22.2 Å². The molecule has 0 saturated heterocycles. The molecule has 0 fully saturated rings. The van der Waals surface area contributed by atoms with E-state index in [-0.39, 0.29) is 33.6 Å². The number of nitro groups is 1. The third-order valence-corrected chi connectivity index (χ3v) is 10.3. The molecule has 0 unspecified atom stereocenters. The maximum absolute atomic E-state index is 13.3. The maximum atomic E-state index is 13.3. The summed E-state index contributed by atoms with van der Waals surface area (Å²) in [7, 11) is -3.72. The maximum Gasteiger partial charge on any atom is 0.311 e. The normalized spacial score (nSPS) is 13.9. The minimum atomic E-state index is -3.72. The van der Waals surface area contributed by atoms with E-state index in [1.54, 1.807) is 30.3 Å². The first-order valence-electron chi connectivity index (χ1n) is 12.1. The Labute approximate surface area is 257 Å². The van der Waals surface area contributed by atoms with Crippen molar-refractivity contribution in [2.75, 3.05) is 5.32 Å². The monoisotopic (exact) mass is 714 g/mol. The molecule has 0 bridgehead atoms. The Morgan fingerprint density at radius 1 is 0.951 bits per heavy atom. The summed E-state index contributed by atoms with van der Waals surface area (Å²) >= 11 is 7.92. The molecule has 0 radical (unpaired) electrons. The van der Waals surface area contributed by atoms with Gasteiger partial charge < -0.3 is 10.1 Å². The first kappa shape index (κ1) is 29.1. The minimum absolute atomic E-state index is 0.109. The van der Waals surface area contributed by atoms with Crippen molar-refractivity contribution < 1.29 is 22.9 Å². The Morgan fingerprint density at radius 3 is 2.39 bits per heavy atom. The van der Waals surface area contributed by atoms with Crippen molar-refractivity contribution in [3.8, 4) is 5.75 Å². The van der Waals surface area contributed by atoms with Gasteiger partial charge in [-0.2, -0.15) is 0 Å². The van der Waals surface area contributed by atoms with Gasteiger partial charge in [0.05, 0.1) is 26.2 Å². The molecular formula is C29H20Br2N2O6S2. The van der Waals surface area contributed by atoms with Gasteiger partial charge in [-0.05, 0) is 59.2 Å². The van der Waals surface area contributed by atoms with Gasteiger partial charge in [-0.3, -0.25) is 14.9 Å². The zero-order valence-electron chi connectivity index (χ0n) is 21.0. The zero-order chi connectivity index (χ0) is 29.1. The molecule has 0 aliphatic carbocycles. The van der Waals surface area contributed by atoms with E-state index in [9.17, 15) is 23.3 Å². The number of thioether (sulfide) groups is 1. The molecule has 1 amide bonds. The summed E-state index contributed by atoms with van der Waals surface area (Å²) in [4.78, 5) is 25.0. The fourth-order valence-corrected chi connectivity index (χ4v) is 8.19. The molecule has 12 heteroatoms. The molecule has 5 rings (SSSR count). The van der Waals surface area contributed by atoms with Crippen molar-refractivity contribution in [3.63, 3.8) is 0 Å². The summed E-state index contributed by atoms with van der Waals surface area (Å²) in [5.41, 5.74) is 2.14. The van der Waals surface area contributed by atoms with Gasteiger partial charge in [0.25, 0.3) is 5.91 Å². The number of rotatable bonds is 8. The molecule has 0 spiro atoms. The number of amides is 1. The van der Waals surface area contributed by atoms with Gasteiger partial charge >= 0.3 is 5.69 Å². The number of nitrogens with one attached hydrogen (secondary N) is 1. The average molecular weight is 716 g/mol. The topological polar surface area (TPSA) is 116 Å². The number of sulfone groups is 1. The predicted octanol–water partition coefficient (Wildman–Crippen LogP) is 7.76. The van der Waals surface area contributed by atoms with Crippen molar-refractivity contribution in [1.29, 1.82) is 0 Å². The van der Waals surface area contributed by atoms with Crippen LogP contribution < -0.4 is 10.1 Å². The second kappa shape index (κ2) is 12.2. The first-order valence-corrected chi connectivity index (χ1v) is 16.1. The second-order valence-electron chi connectivity index (χ2n) is 8.94. The van der Waals surface area contributed by atoms with Crippen molar-refractivity contribution in [2.24, 2.45) is 0 Å². The predicted molar refractivity (Wildman–Crippen MR) is 166 cm³/mol. The van der Waals surface area contributed by atoms with E-state index in [0.29, 0.717) is 30.7 Å². The standard InChI is InChI=1S/C29H20Br2N2O6S2/c30-22-7-4-8-23(31)21(22)17-41(37,38)20-10-11-24-27(15-20)40-28(29(34)32-24)14-19-9-12-26(25(13-19)33(35)36)39-16-18-5-2-1-3-6-18/h1-15H,16-17H2,(H,32,34)/b28-14-. The van der Waals surface area contributed by atoms with Crippen LogP contribution >= 0.6 is 43.6 Å². The molecule has 1 N–H and O–H groups in total. The van der Waals surface area contributed by atoms with Crippen LogP contribution in [-0.4, -0.2) is 19.2 Å². The highest BCUT2D eigenvalue weighted by molar-refractivity contribution is 9.11. The number of hydrogen-bond acceptors (Lipinski definition) is 7. The summed E-state index contributed by atoms with van der Waals surface area (Å²) in [5.74, 6) is -0.517. The van der Waals surface area contributed by atoms with Crippen LogP contribution in [0.3, 0.4) is 0 Å². The molecule has 0 saturated carbocycles. The fourth-order valence-electron chi connectivity index (χ4n) is 4.05. The average Bonchev–Trinajstić information content (AvgIpc) is 2.95. The van der Waals surface area contributed by atoms with Gasteiger partial charge in [0.1, 0.15) is 6.61 Å². The molecule has 8 nitrogen and oxygen atoms in total. The van der Waals surface area contributed by atoms with E-state index >= 15 is 0 Å². The van der Waals surface area contributed by atoms with E-state index in [0.717, 1.165) is 17.3 Å². The van der Waals surface area contributed by atoms with Gasteiger partial charge in [-0.1, -0.05) is 86.1 Å². The number of carbonyl (C=O) groups excluding carboxylic acids is 1. The summed E-state index contributed by atoms with van der Waals surface area (Å²) in [6.07, 6.45) is 1.52. The Bertz CT molecular complexity index is 1790. The number of fused-ring (bicyclic) bond motifs is 1. The van der Waals surface area contributed by atoms with Crippen LogP contribution in [0.2, 0.25) is 0 Å². The van der Waals surface area contributed by atoms with Gasteiger partial charge in [-0.25, -0.2) is 8.42 Å². The molecule has 4 aromatic carbocycles. The van der Waals surface area contributed by atoms with Crippen LogP contribution in [0, 0.1) is 10.1 Å². The molecule has 1 heterocycles. The Balaban J connectivity index is 1.40. The molecule has 0 aromatic heterocycles. The molecule has 0 atom stereocenters. The van der Waals surface area contributed by atoms with E-state index in [2.05, 4.69) is 37.2 Å². The quantitative estimate of drug-likeness (QED) is 0.113. The first-order chi connectivity index (χ1) is 19.6. The summed E-state index contributed by atoms with van der Waals surface area (Å²) < 4.78 is 33.6. The van der Waals surface area contributed by atoms with Gasteiger partial charge in [0.2, 0.25) is 0 Å². The van der Waals surface area contributed by atoms with Crippen LogP contribution in [0.5, 0.6) is 5.75 Å². The van der Waals surface area contributed by atoms with Crippen LogP contribution in [0.4, 0.5) is 11.4 Å². The van der Waals surface area contributed by atoms with Crippen LogP contribution in [0.25, 0.3) is 6.08 Å². The van der Waals surface area contributed by atoms with Gasteiger partial charge in [0, 0.05) is 19.9 Å². The number of anilines is 1. The number of benzene rings is 4. The molecule has 208 valence electrons. The third-order valence-electron chi connectivity index (χ3n) is 6.11. The molecule has 1 aliphatic heterocycles. The summed E-state index contributed by atoms with van der Waals surface area (Å²) in [6.45, 7) is 0.167. The second-order valence-corrected chi connectivity index (χ2v) is 13.7. The van der Waals surface area contributed by atoms with Crippen LogP contribution in [0.1, 0.15) is 16.7 Å². The van der Waals surface area contributed by atoms with Crippen molar-refractivity contribution >= 4 is 76.8 Å². The number of hydrogen-bond donors (Lipinski definition) is 1. The van der Waals surface area contributed by atoms with Crippen molar-refractivity contribution in [3.05, 3.63) is 126 Å². The van der Waals surface area contributed by atoms with E-state index in [1.807, 2.05) is 30.3 Å². The number of halogens is 2. The number of carbonyl (C=O) groups is 1. The highest BCUT2D eigenvalue weighted by Gasteiger charge is 2.26. The molecular weight excluding hydrogens is 696 g/mol. The number of ether oxygens (including phenoxy) is 1. The largest absolute Gasteiger partial charge is 0.482 e. The minimum Gasteiger partial charge on any atom is -0.482 e. The zero-order valence-corrected chi connectivity index (χ0v) is 25.8. The lowest BCUT2D eigenvalue weighted by Gasteiger charge is -2.19. The van der Waals surface area contributed by atoms with E-state index in [1.165, 1.54) is 30.3 Å². The Kier molecular flexibility index (Phi) is 8.64. The van der Waals surface area contributed by atoms with Gasteiger partial charge in [0.15, 0.2) is 15.6 Å². The van der Waals surface area contributed by atoms with E-state index in [4.69, 9.17) is 4.74 Å². The van der Waals surface area contributed by atoms with Crippen molar-refractivity contribution in [1.82, 2.24) is 0 Å². The third kappa shape index (κ3) is 6.72. The number of nitro benzene ring substituents is 1. The Hall–Kier alpha value is -3.45. The smallest absolute Gasteiger partial charge is 0.311 e. The lowest BCUT2D eigenvalue weighted by molar-refractivity contribution is -0.386. The van der Waals surface area contributed by atoms with E-state index < -0.39 is 20.7 Å². The van der Waals surface area contributed by atoms with Crippen LogP contribution in [0.15, 0.2) is 109 Å². The SMILES string of the molecule is O=C1Nc2ccc(S(=O)(=O)Cc3c(Br)cccc3Br)cc2S/C1=C\c1ccc(OCc2ccccc2)c([N+](=O)[O-])c1. The Morgan fingerprint density at radius 2 is 1.68 bits per heavy atom. The molecule has 4 aromatic rings. The molecule has 41 heavy (non-hydrogen) atoms. The summed E-state index contributed by atoms with van der Waals surface area (Å²) in [6, 6.07) is 23.7. The lowest BCUT2D eigenvalue weighted by Crippen LogP contribution is -2.17. The number of nitrogens with zero attached hydrogens (tertiary/aromatic N) is 1. The van der Waals surface area contributed by atoms with Gasteiger partial charge in [-0.15, -0.1) is 0 Å². The lowest BCUT2D eigenvalue weighted by atomic mass is 10.1. The van der Waals surface area contributed by atoms with Crippen LogP contribution in [-0.2, 0) is 27.0 Å². The highest BCUT2D eigenvalue weighted by atomic mass is 79.9. The summed E-state index contributed by atoms with van der Waals surface area (Å²) in [5, 5.41) is 14.5. The molecule has 1 aliphatic rings. The fraction of sp³-hybridized carbons (Fsp3) is 0.0690. The highest BCUT2D eigenvalue weighted by Crippen LogP contribution is 2.41.